The molecule has 26 heavy (non-hydrogen) atoms. The van der Waals surface area contributed by atoms with E-state index in [9.17, 15) is 0 Å². The molecule has 1 N–H and O–H groups in total. The second kappa shape index (κ2) is 11.2. The maximum atomic E-state index is 5.93. The van der Waals surface area contributed by atoms with Gasteiger partial charge in [0.05, 0.1) is 13.2 Å². The zero-order valence-electron chi connectivity index (χ0n) is 16.9. The van der Waals surface area contributed by atoms with Crippen molar-refractivity contribution in [1.29, 1.82) is 0 Å². The van der Waals surface area contributed by atoms with Gasteiger partial charge in [0.15, 0.2) is 5.96 Å². The Balaban J connectivity index is 1.68. The highest BCUT2D eigenvalue weighted by Gasteiger charge is 2.25. The number of ether oxygens (including phenoxy) is 1. The highest BCUT2D eigenvalue weighted by Crippen LogP contribution is 2.17. The van der Waals surface area contributed by atoms with Gasteiger partial charge in [0.1, 0.15) is 0 Å². The Morgan fingerprint density at radius 2 is 2.12 bits per heavy atom. The number of likely N-dealkylation sites (N-methyl/N-ethyl adjacent to an activating group) is 1. The summed E-state index contributed by atoms with van der Waals surface area (Å²) in [6.45, 7) is 13.4. The van der Waals surface area contributed by atoms with Crippen LogP contribution >= 0.6 is 0 Å². The van der Waals surface area contributed by atoms with Crippen LogP contribution in [0.2, 0.25) is 0 Å². The first-order chi connectivity index (χ1) is 12.6. The summed E-state index contributed by atoms with van der Waals surface area (Å²) in [4.78, 5) is 9.30. The van der Waals surface area contributed by atoms with Crippen LogP contribution in [-0.2, 0) is 11.3 Å². The Labute approximate surface area is 159 Å². The molecule has 1 unspecified atom stereocenters. The number of aliphatic imine (C=N–C) groups is 1. The molecule has 0 aromatic heterocycles. The Bertz CT molecular complexity index is 532. The molecule has 1 aliphatic rings. The van der Waals surface area contributed by atoms with Gasteiger partial charge in [0.2, 0.25) is 0 Å². The van der Waals surface area contributed by atoms with Gasteiger partial charge in [-0.05, 0) is 32.4 Å². The van der Waals surface area contributed by atoms with Gasteiger partial charge >= 0.3 is 0 Å². The van der Waals surface area contributed by atoms with E-state index in [2.05, 4.69) is 65.1 Å². The number of hydrogen-bond acceptors (Lipinski definition) is 3. The molecule has 5 nitrogen and oxygen atoms in total. The molecule has 0 bridgehead atoms. The molecule has 0 aliphatic carbocycles. The SMILES string of the molecule is CCN(CCNC(=NC)N1CCC(COCc2ccccc2)C1)C(C)C. The van der Waals surface area contributed by atoms with Crippen LogP contribution in [0.25, 0.3) is 0 Å². The highest BCUT2D eigenvalue weighted by atomic mass is 16.5. The van der Waals surface area contributed by atoms with Crippen LogP contribution in [0.4, 0.5) is 0 Å². The molecule has 0 saturated carbocycles. The van der Waals surface area contributed by atoms with E-state index in [4.69, 9.17) is 4.74 Å². The lowest BCUT2D eigenvalue weighted by Gasteiger charge is -2.27. The van der Waals surface area contributed by atoms with Gasteiger partial charge in [0, 0.05) is 45.2 Å². The van der Waals surface area contributed by atoms with Crippen molar-refractivity contribution < 1.29 is 4.74 Å². The van der Waals surface area contributed by atoms with Gasteiger partial charge in [-0.3, -0.25) is 9.89 Å². The third-order valence-electron chi connectivity index (χ3n) is 5.08. The molecule has 1 aliphatic heterocycles. The lowest BCUT2D eigenvalue weighted by molar-refractivity contribution is 0.0906. The molecule has 5 heteroatoms. The number of nitrogens with zero attached hydrogens (tertiary/aromatic N) is 3. The number of benzene rings is 1. The van der Waals surface area contributed by atoms with E-state index in [1.807, 2.05) is 13.1 Å². The molecule has 1 atom stereocenters. The quantitative estimate of drug-likeness (QED) is 0.543. The summed E-state index contributed by atoms with van der Waals surface area (Å²) in [5, 5.41) is 3.53. The standard InChI is InChI=1S/C21H36N4O/c1-5-24(18(2)3)14-12-23-21(22-4)25-13-11-20(15-25)17-26-16-19-9-7-6-8-10-19/h6-10,18,20H,5,11-17H2,1-4H3,(H,22,23). The van der Waals surface area contributed by atoms with E-state index >= 15 is 0 Å². The summed E-state index contributed by atoms with van der Waals surface area (Å²) < 4.78 is 5.93. The van der Waals surface area contributed by atoms with Crippen LogP contribution in [0.1, 0.15) is 32.8 Å². The minimum Gasteiger partial charge on any atom is -0.376 e. The zero-order chi connectivity index (χ0) is 18.8. The predicted octanol–water partition coefficient (Wildman–Crippen LogP) is 2.83. The van der Waals surface area contributed by atoms with Gasteiger partial charge < -0.3 is 15.0 Å². The number of rotatable bonds is 9. The third-order valence-corrected chi connectivity index (χ3v) is 5.08. The predicted molar refractivity (Wildman–Crippen MR) is 110 cm³/mol. The van der Waals surface area contributed by atoms with Crippen LogP contribution in [0.3, 0.4) is 0 Å². The molecule has 0 amide bonds. The van der Waals surface area contributed by atoms with Gasteiger partial charge in [-0.25, -0.2) is 0 Å². The summed E-state index contributed by atoms with van der Waals surface area (Å²) in [5.74, 6) is 1.61. The Hall–Kier alpha value is -1.59. The normalized spacial score (nSPS) is 18.2. The molecule has 1 aromatic rings. The van der Waals surface area contributed by atoms with Crippen LogP contribution < -0.4 is 5.32 Å². The summed E-state index contributed by atoms with van der Waals surface area (Å²) >= 11 is 0. The van der Waals surface area contributed by atoms with E-state index in [0.717, 1.165) is 45.3 Å². The maximum Gasteiger partial charge on any atom is 0.193 e. The molecule has 0 radical (unpaired) electrons. The van der Waals surface area contributed by atoms with E-state index in [1.54, 1.807) is 0 Å². The molecule has 146 valence electrons. The zero-order valence-corrected chi connectivity index (χ0v) is 16.9. The topological polar surface area (TPSA) is 40.1 Å². The van der Waals surface area contributed by atoms with Crippen molar-refractivity contribution in [3.05, 3.63) is 35.9 Å². The van der Waals surface area contributed by atoms with Gasteiger partial charge in [-0.1, -0.05) is 37.3 Å². The van der Waals surface area contributed by atoms with Crippen LogP contribution in [0.15, 0.2) is 35.3 Å². The van der Waals surface area contributed by atoms with E-state index in [0.29, 0.717) is 18.6 Å². The lowest BCUT2D eigenvalue weighted by Crippen LogP contribution is -2.44. The Morgan fingerprint density at radius 3 is 2.77 bits per heavy atom. The van der Waals surface area contributed by atoms with Crippen molar-refractivity contribution in [2.45, 2.75) is 39.8 Å². The molecule has 0 spiro atoms. The fourth-order valence-electron chi connectivity index (χ4n) is 3.50. The number of guanidine groups is 1. The second-order valence-corrected chi connectivity index (χ2v) is 7.30. The summed E-state index contributed by atoms with van der Waals surface area (Å²) in [6.07, 6.45) is 1.17. The smallest absolute Gasteiger partial charge is 0.193 e. The molecule has 1 heterocycles. The summed E-state index contributed by atoms with van der Waals surface area (Å²) in [5.41, 5.74) is 1.24. The van der Waals surface area contributed by atoms with E-state index < -0.39 is 0 Å². The monoisotopic (exact) mass is 360 g/mol. The average Bonchev–Trinajstić information content (AvgIpc) is 3.11. The largest absolute Gasteiger partial charge is 0.376 e. The van der Waals surface area contributed by atoms with Crippen molar-refractivity contribution in [2.75, 3.05) is 46.4 Å². The number of likely N-dealkylation sites (tertiary alicyclic amines) is 1. The van der Waals surface area contributed by atoms with Crippen molar-refractivity contribution in [3.63, 3.8) is 0 Å². The molecule has 1 fully saturated rings. The van der Waals surface area contributed by atoms with Gasteiger partial charge in [-0.15, -0.1) is 0 Å². The van der Waals surface area contributed by atoms with Crippen molar-refractivity contribution in [1.82, 2.24) is 15.1 Å². The lowest BCUT2D eigenvalue weighted by atomic mass is 10.1. The Kier molecular flexibility index (Phi) is 8.92. The molecule has 1 saturated heterocycles. The van der Waals surface area contributed by atoms with Crippen LogP contribution in [-0.4, -0.2) is 68.2 Å². The fraction of sp³-hybridized carbons (Fsp3) is 0.667. The minimum atomic E-state index is 0.583. The summed E-state index contributed by atoms with van der Waals surface area (Å²) in [7, 11) is 1.88. The van der Waals surface area contributed by atoms with E-state index in [-0.39, 0.29) is 0 Å². The van der Waals surface area contributed by atoms with Crippen LogP contribution in [0, 0.1) is 5.92 Å². The molecular weight excluding hydrogens is 324 g/mol. The van der Waals surface area contributed by atoms with Crippen molar-refractivity contribution in [3.8, 4) is 0 Å². The van der Waals surface area contributed by atoms with Crippen LogP contribution in [0.5, 0.6) is 0 Å². The first kappa shape index (κ1) is 20.7. The average molecular weight is 361 g/mol. The maximum absolute atomic E-state index is 5.93. The first-order valence-corrected chi connectivity index (χ1v) is 9.95. The van der Waals surface area contributed by atoms with Gasteiger partial charge in [-0.2, -0.15) is 0 Å². The number of nitrogens with one attached hydrogen (secondary N) is 1. The third kappa shape index (κ3) is 6.61. The molecule has 1 aromatic carbocycles. The van der Waals surface area contributed by atoms with Crippen molar-refractivity contribution >= 4 is 5.96 Å². The van der Waals surface area contributed by atoms with Gasteiger partial charge in [0.25, 0.3) is 0 Å². The van der Waals surface area contributed by atoms with Crippen molar-refractivity contribution in [2.24, 2.45) is 10.9 Å². The van der Waals surface area contributed by atoms with E-state index in [1.165, 1.54) is 12.0 Å². The Morgan fingerprint density at radius 1 is 1.35 bits per heavy atom. The minimum absolute atomic E-state index is 0.583. The summed E-state index contributed by atoms with van der Waals surface area (Å²) in [6, 6.07) is 11.0. The number of hydrogen-bond donors (Lipinski definition) is 1. The highest BCUT2D eigenvalue weighted by molar-refractivity contribution is 5.80. The fourth-order valence-corrected chi connectivity index (χ4v) is 3.50. The second-order valence-electron chi connectivity index (χ2n) is 7.30. The molecular formula is C21H36N4O. The first-order valence-electron chi connectivity index (χ1n) is 9.95. The molecule has 2 rings (SSSR count).